The summed E-state index contributed by atoms with van der Waals surface area (Å²) in [6, 6.07) is 0.184. The number of rotatable bonds is 7. The van der Waals surface area contributed by atoms with Gasteiger partial charge in [-0.3, -0.25) is 13.2 Å². The van der Waals surface area contributed by atoms with Crippen molar-refractivity contribution in [3.05, 3.63) is 46.8 Å². The van der Waals surface area contributed by atoms with Crippen molar-refractivity contribution in [3.63, 3.8) is 0 Å². The quantitative estimate of drug-likeness (QED) is 0.101. The van der Waals surface area contributed by atoms with Gasteiger partial charge in [-0.1, -0.05) is 0 Å². The minimum Gasteiger partial charge on any atom is -0.759 e. The van der Waals surface area contributed by atoms with E-state index in [1.165, 1.54) is 4.90 Å². The van der Waals surface area contributed by atoms with Gasteiger partial charge in [0.1, 0.15) is 5.82 Å². The molecule has 1 aliphatic rings. The van der Waals surface area contributed by atoms with Gasteiger partial charge >= 0.3 is 6.18 Å². The van der Waals surface area contributed by atoms with Crippen molar-refractivity contribution in [2.75, 3.05) is 26.4 Å². The maximum Gasteiger partial charge on any atom is 0.451 e. The lowest BCUT2D eigenvalue weighted by Gasteiger charge is -2.29. The van der Waals surface area contributed by atoms with E-state index in [-0.39, 0.29) is 43.9 Å². The first-order valence-electron chi connectivity index (χ1n) is 11.2. The van der Waals surface area contributed by atoms with E-state index in [1.54, 1.807) is 0 Å². The molecule has 3 rings (SSSR count). The number of amides is 1. The molecule has 0 saturated carbocycles. The number of alkyl halides is 3. The molecule has 2 heterocycles. The number of aliphatic hydroxyl groups excluding tert-OH is 3. The van der Waals surface area contributed by atoms with Crippen LogP contribution in [0.1, 0.15) is 23.6 Å². The van der Waals surface area contributed by atoms with Crippen molar-refractivity contribution in [1.82, 2.24) is 19.7 Å². The first-order chi connectivity index (χ1) is 18.7. The minimum atomic E-state index is -5.17. The van der Waals surface area contributed by atoms with E-state index in [0.717, 1.165) is 4.57 Å². The van der Waals surface area contributed by atoms with Crippen LogP contribution in [-0.2, 0) is 40.9 Å². The highest BCUT2D eigenvalue weighted by Gasteiger charge is 2.40. The molecule has 0 saturated heterocycles. The number of carbonyl (C=O) groups excluding carboxylic acids is 1. The van der Waals surface area contributed by atoms with E-state index in [4.69, 9.17) is 44.3 Å². The van der Waals surface area contributed by atoms with Gasteiger partial charge in [0.15, 0.2) is 17.5 Å². The van der Waals surface area contributed by atoms with Gasteiger partial charge in [0.05, 0.1) is 31.9 Å². The predicted octanol–water partition coefficient (Wildman–Crippen LogP) is -1.66. The summed E-state index contributed by atoms with van der Waals surface area (Å²) in [6.07, 6.45) is -5.11. The van der Waals surface area contributed by atoms with E-state index in [9.17, 15) is 31.1 Å². The van der Waals surface area contributed by atoms with Crippen LogP contribution in [0.25, 0.3) is 0 Å². The molecule has 2 aromatic rings. The number of aromatic nitrogens is 3. The first-order valence-corrected chi connectivity index (χ1v) is 12.5. The van der Waals surface area contributed by atoms with Crippen LogP contribution in [0, 0.1) is 17.5 Å². The highest BCUT2D eigenvalue weighted by atomic mass is 32.3. The molecule has 0 aliphatic carbocycles. The Kier molecular flexibility index (Phi) is 13.0. The molecule has 0 fully saturated rings. The second-order valence-corrected chi connectivity index (χ2v) is 9.49. The molecule has 1 atom stereocenters. The summed E-state index contributed by atoms with van der Waals surface area (Å²) in [6.45, 7) is -1.51. The van der Waals surface area contributed by atoms with Crippen molar-refractivity contribution in [1.29, 1.82) is 0 Å². The number of benzene rings is 1. The largest absolute Gasteiger partial charge is 0.759 e. The number of carbonyl (C=O) groups is 1. The number of nitrogens with two attached hydrogens (primary N) is 2. The minimum absolute atomic E-state index is 0.000783. The fourth-order valence-corrected chi connectivity index (χ4v) is 3.16. The Morgan fingerprint density at radius 1 is 1.00 bits per heavy atom. The Balaban J connectivity index is 0.000000539. The van der Waals surface area contributed by atoms with Crippen molar-refractivity contribution in [2.24, 2.45) is 11.5 Å². The summed E-state index contributed by atoms with van der Waals surface area (Å²) < 4.78 is 113. The molecule has 1 aliphatic heterocycles. The lowest BCUT2D eigenvalue weighted by Crippen LogP contribution is -2.50. The molecule has 14 nitrogen and oxygen atoms in total. The molecule has 41 heavy (non-hydrogen) atoms. The topological polar surface area (TPSA) is 244 Å². The average Bonchev–Trinajstić information content (AvgIpc) is 3.30. The number of halogens is 6. The zero-order valence-corrected chi connectivity index (χ0v) is 21.7. The fraction of sp³-hybridized carbons (Fsp3) is 0.550. The van der Waals surface area contributed by atoms with Gasteiger partial charge in [-0.05, 0) is 18.1 Å². The Morgan fingerprint density at radius 2 is 1.51 bits per heavy atom. The summed E-state index contributed by atoms with van der Waals surface area (Å²) in [4.78, 5) is 13.6. The van der Waals surface area contributed by atoms with Gasteiger partial charge in [-0.25, -0.2) is 13.2 Å². The lowest BCUT2D eigenvalue weighted by molar-refractivity contribution is -0.148. The van der Waals surface area contributed by atoms with E-state index in [0.29, 0.717) is 12.1 Å². The second-order valence-electron chi connectivity index (χ2n) is 8.68. The van der Waals surface area contributed by atoms with Crippen LogP contribution in [0.2, 0.25) is 0 Å². The average molecular weight is 625 g/mol. The third kappa shape index (κ3) is 11.8. The number of hydrogen-bond acceptors (Lipinski definition) is 12. The normalized spacial score (nSPS) is 14.3. The Labute approximate surface area is 228 Å². The van der Waals surface area contributed by atoms with Crippen LogP contribution in [0.4, 0.5) is 26.3 Å². The second kappa shape index (κ2) is 14.8. The smallest absolute Gasteiger partial charge is 0.451 e. The Hall–Kier alpha value is -2.92. The molecule has 0 spiro atoms. The highest BCUT2D eigenvalue weighted by molar-refractivity contribution is 7.79. The molecule has 234 valence electrons. The lowest BCUT2D eigenvalue weighted by atomic mass is 10.0. The van der Waals surface area contributed by atoms with Crippen LogP contribution in [0.3, 0.4) is 0 Å². The number of hydrogen-bond donors (Lipinski definition) is 5. The van der Waals surface area contributed by atoms with Crippen molar-refractivity contribution >= 4 is 16.3 Å². The Morgan fingerprint density at radius 3 is 1.98 bits per heavy atom. The van der Waals surface area contributed by atoms with E-state index >= 15 is 0 Å². The zero-order chi connectivity index (χ0) is 31.8. The number of fused-ring (bicyclic) bond motifs is 1. The highest BCUT2D eigenvalue weighted by Crippen LogP contribution is 2.29. The molecular formula is C20H26F6N6O8S-2. The zero-order valence-electron chi connectivity index (χ0n) is 20.9. The van der Waals surface area contributed by atoms with Crippen molar-refractivity contribution in [3.8, 4) is 0 Å². The van der Waals surface area contributed by atoms with Gasteiger partial charge in [-0.2, -0.15) is 13.2 Å². The first kappa shape index (κ1) is 36.1. The summed E-state index contributed by atoms with van der Waals surface area (Å²) in [7, 11) is -5.17. The van der Waals surface area contributed by atoms with Gasteiger partial charge in [0.25, 0.3) is 0 Å². The third-order valence-corrected chi connectivity index (χ3v) is 5.31. The van der Waals surface area contributed by atoms with Crippen LogP contribution in [0.5, 0.6) is 0 Å². The predicted molar refractivity (Wildman–Crippen MR) is 122 cm³/mol. The number of aliphatic hydroxyl groups is 3. The monoisotopic (exact) mass is 624 g/mol. The maximum atomic E-state index is 13.7. The SMILES string of the molecule is NC(CO)(CO)CO.N[C@@H](CC(=O)N1CCn2c(nnc2C(F)(F)F)C1)Cc1cc(F)c(F)cc1F.O=S(=O)([O-])[O-]. The van der Waals surface area contributed by atoms with Gasteiger partial charge in [0.2, 0.25) is 11.7 Å². The fourth-order valence-electron chi connectivity index (χ4n) is 3.16. The van der Waals surface area contributed by atoms with Crippen LogP contribution >= 0.6 is 0 Å². The molecule has 1 amide bonds. The van der Waals surface area contributed by atoms with E-state index in [2.05, 4.69) is 10.2 Å². The molecular weight excluding hydrogens is 598 g/mol. The van der Waals surface area contributed by atoms with Crippen LogP contribution < -0.4 is 11.5 Å². The summed E-state index contributed by atoms with van der Waals surface area (Å²) in [5, 5.41) is 31.6. The maximum absolute atomic E-state index is 13.7. The van der Waals surface area contributed by atoms with Gasteiger partial charge < -0.3 is 45.4 Å². The third-order valence-electron chi connectivity index (χ3n) is 5.31. The molecule has 0 unspecified atom stereocenters. The molecule has 21 heteroatoms. The van der Waals surface area contributed by atoms with E-state index in [1.807, 2.05) is 0 Å². The van der Waals surface area contributed by atoms with Crippen LogP contribution in [0.15, 0.2) is 12.1 Å². The van der Waals surface area contributed by atoms with E-state index < -0.39 is 77.2 Å². The summed E-state index contributed by atoms with van der Waals surface area (Å²) >= 11 is 0. The molecule has 0 bridgehead atoms. The van der Waals surface area contributed by atoms with Gasteiger partial charge in [-0.15, -0.1) is 10.2 Å². The molecule has 7 N–H and O–H groups in total. The standard InChI is InChI=1S/C16H15F6N5O.C4H11NO3.H2O4S/c17-10-6-12(19)11(18)4-8(10)3-9(23)5-14(28)26-1-2-27-13(7-26)24-25-15(27)16(20,21)22;5-4(1-6,2-7)3-8;1-5(2,3)4/h4,6,9H,1-3,5,7,23H2;6-8H,1-3,5H2;(H2,1,2,3,4)/p-2/t9-;;/m1../s1. The van der Waals surface area contributed by atoms with Crippen molar-refractivity contribution in [2.45, 2.75) is 43.7 Å². The van der Waals surface area contributed by atoms with Crippen molar-refractivity contribution < 1.29 is 64.0 Å². The molecule has 0 radical (unpaired) electrons. The number of nitrogens with zero attached hydrogens (tertiary/aromatic N) is 4. The summed E-state index contributed by atoms with van der Waals surface area (Å²) in [5.41, 5.74) is 9.58. The Bertz CT molecular complexity index is 1260. The molecule has 1 aromatic carbocycles. The van der Waals surface area contributed by atoms with Gasteiger partial charge in [0, 0.05) is 42.0 Å². The summed E-state index contributed by atoms with van der Waals surface area (Å²) in [5.74, 6) is -5.15. The molecule has 1 aromatic heterocycles. The van der Waals surface area contributed by atoms with Crippen LogP contribution in [-0.4, -0.2) is 96.4 Å².